The standard InChI is InChI=1S/C20H22ClN4O4PS/c1-29-17-11-13(31(4,27)28)9-10-15(17)24-20-22-12-14(21)19(25-20)23-16-7-5-6-8-18(16)30(2,3)26/h5-12H,1-4H3,(H2,22,23,24,25). The van der Waals surface area contributed by atoms with Crippen LogP contribution in [-0.2, 0) is 14.4 Å². The van der Waals surface area contributed by atoms with Crippen LogP contribution >= 0.6 is 18.7 Å². The molecule has 8 nitrogen and oxygen atoms in total. The predicted molar refractivity (Wildman–Crippen MR) is 125 cm³/mol. The van der Waals surface area contributed by atoms with Crippen LogP contribution in [0.1, 0.15) is 0 Å². The highest BCUT2D eigenvalue weighted by Crippen LogP contribution is 2.38. The van der Waals surface area contributed by atoms with Crippen molar-refractivity contribution in [3.63, 3.8) is 0 Å². The molecule has 0 spiro atoms. The van der Waals surface area contributed by atoms with E-state index in [1.54, 1.807) is 31.5 Å². The third kappa shape index (κ3) is 5.55. The first-order valence-corrected chi connectivity index (χ1v) is 14.0. The summed E-state index contributed by atoms with van der Waals surface area (Å²) in [6.07, 6.45) is 2.55. The fourth-order valence-corrected chi connectivity index (χ4v) is 4.75. The first-order valence-electron chi connectivity index (χ1n) is 9.08. The molecule has 0 saturated carbocycles. The van der Waals surface area contributed by atoms with Gasteiger partial charge in [0.25, 0.3) is 0 Å². The number of nitrogens with one attached hydrogen (secondary N) is 2. The van der Waals surface area contributed by atoms with Gasteiger partial charge < -0.3 is 19.9 Å². The second-order valence-electron chi connectivity index (χ2n) is 7.14. The maximum absolute atomic E-state index is 12.6. The van der Waals surface area contributed by atoms with Gasteiger partial charge in [-0.15, -0.1) is 0 Å². The molecule has 0 atom stereocenters. The summed E-state index contributed by atoms with van der Waals surface area (Å²) in [6, 6.07) is 11.7. The largest absolute Gasteiger partial charge is 0.495 e. The first kappa shape index (κ1) is 23.1. The van der Waals surface area contributed by atoms with E-state index >= 15 is 0 Å². The molecule has 2 aromatic carbocycles. The highest BCUT2D eigenvalue weighted by Gasteiger charge is 2.18. The zero-order valence-electron chi connectivity index (χ0n) is 17.4. The van der Waals surface area contributed by atoms with E-state index in [-0.39, 0.29) is 15.9 Å². The molecule has 1 aromatic heterocycles. The van der Waals surface area contributed by atoms with Gasteiger partial charge in [-0.1, -0.05) is 23.7 Å². The average molecular weight is 481 g/mol. The summed E-state index contributed by atoms with van der Waals surface area (Å²) in [4.78, 5) is 8.71. The molecule has 0 unspecified atom stereocenters. The van der Waals surface area contributed by atoms with Gasteiger partial charge in [0.2, 0.25) is 5.95 Å². The molecule has 0 bridgehead atoms. The summed E-state index contributed by atoms with van der Waals surface area (Å²) in [5.41, 5.74) is 1.12. The molecule has 0 saturated heterocycles. The Hall–Kier alpha value is -2.61. The summed E-state index contributed by atoms with van der Waals surface area (Å²) in [5.74, 6) is 0.858. The number of sulfone groups is 1. The normalized spacial score (nSPS) is 11.8. The van der Waals surface area contributed by atoms with Crippen molar-refractivity contribution in [2.24, 2.45) is 0 Å². The van der Waals surface area contributed by atoms with Gasteiger partial charge in [-0.05, 0) is 37.6 Å². The van der Waals surface area contributed by atoms with Crippen molar-refractivity contribution in [2.75, 3.05) is 37.3 Å². The second-order valence-corrected chi connectivity index (χ2v) is 12.7. The van der Waals surface area contributed by atoms with Gasteiger partial charge >= 0.3 is 0 Å². The maximum atomic E-state index is 12.6. The zero-order chi connectivity index (χ0) is 22.8. The highest BCUT2D eigenvalue weighted by atomic mass is 35.5. The fraction of sp³-hybridized carbons (Fsp3) is 0.200. The number of benzene rings is 2. The van der Waals surface area contributed by atoms with Gasteiger partial charge in [0.1, 0.15) is 17.9 Å². The quantitative estimate of drug-likeness (QED) is 0.482. The van der Waals surface area contributed by atoms with Gasteiger partial charge in [-0.3, -0.25) is 0 Å². The predicted octanol–water partition coefficient (Wildman–Crippen LogP) is 4.28. The molecule has 3 rings (SSSR count). The molecule has 164 valence electrons. The minimum atomic E-state index is -3.38. The lowest BCUT2D eigenvalue weighted by Crippen LogP contribution is -2.11. The first-order chi connectivity index (χ1) is 14.5. The van der Waals surface area contributed by atoms with E-state index in [0.717, 1.165) is 6.26 Å². The number of methoxy groups -OCH3 is 1. The smallest absolute Gasteiger partial charge is 0.229 e. The molecule has 0 amide bonds. The molecule has 31 heavy (non-hydrogen) atoms. The third-order valence-electron chi connectivity index (χ3n) is 4.33. The van der Waals surface area contributed by atoms with Crippen LogP contribution in [0.25, 0.3) is 0 Å². The Labute approximate surface area is 186 Å². The van der Waals surface area contributed by atoms with E-state index in [2.05, 4.69) is 20.6 Å². The Bertz CT molecular complexity index is 1280. The zero-order valence-corrected chi connectivity index (χ0v) is 19.8. The van der Waals surface area contributed by atoms with Crippen LogP contribution in [0.15, 0.2) is 53.6 Å². The van der Waals surface area contributed by atoms with Crippen molar-refractivity contribution in [1.29, 1.82) is 0 Å². The van der Waals surface area contributed by atoms with Crippen molar-refractivity contribution >= 4 is 57.0 Å². The van der Waals surface area contributed by atoms with E-state index in [1.165, 1.54) is 25.4 Å². The molecule has 11 heteroatoms. The topological polar surface area (TPSA) is 110 Å². The summed E-state index contributed by atoms with van der Waals surface area (Å²) in [7, 11) is -4.47. The molecule has 0 radical (unpaired) electrons. The lowest BCUT2D eigenvalue weighted by molar-refractivity contribution is 0.415. The van der Waals surface area contributed by atoms with Crippen LogP contribution in [0.2, 0.25) is 5.02 Å². The van der Waals surface area contributed by atoms with Gasteiger partial charge in [-0.25, -0.2) is 13.4 Å². The van der Waals surface area contributed by atoms with Gasteiger partial charge in [0.15, 0.2) is 15.7 Å². The second kappa shape index (κ2) is 8.86. The lowest BCUT2D eigenvalue weighted by atomic mass is 10.3. The number of ether oxygens (including phenoxy) is 1. The van der Waals surface area contributed by atoms with E-state index in [1.807, 2.05) is 12.1 Å². The van der Waals surface area contributed by atoms with Crippen LogP contribution in [0, 0.1) is 0 Å². The molecule has 2 N–H and O–H groups in total. The molecular weight excluding hydrogens is 459 g/mol. The van der Waals surface area contributed by atoms with Crippen LogP contribution < -0.4 is 20.7 Å². The van der Waals surface area contributed by atoms with Crippen molar-refractivity contribution < 1.29 is 17.7 Å². The maximum Gasteiger partial charge on any atom is 0.229 e. The molecule has 0 aliphatic heterocycles. The van der Waals surface area contributed by atoms with E-state index in [4.69, 9.17) is 16.3 Å². The number of hydrogen-bond acceptors (Lipinski definition) is 8. The molecule has 0 fully saturated rings. The Balaban J connectivity index is 1.94. The average Bonchev–Trinajstić information content (AvgIpc) is 2.69. The van der Waals surface area contributed by atoms with Gasteiger partial charge in [-0.2, -0.15) is 4.98 Å². The fourth-order valence-electron chi connectivity index (χ4n) is 2.82. The van der Waals surface area contributed by atoms with Crippen molar-refractivity contribution in [3.05, 3.63) is 53.7 Å². The number of halogens is 1. The van der Waals surface area contributed by atoms with E-state index in [9.17, 15) is 13.0 Å². The summed E-state index contributed by atoms with van der Waals surface area (Å²) in [6.45, 7) is 3.38. The Kier molecular flexibility index (Phi) is 6.59. The van der Waals surface area contributed by atoms with Crippen LogP contribution in [-0.4, -0.2) is 45.1 Å². The van der Waals surface area contributed by atoms with E-state index < -0.39 is 17.0 Å². The van der Waals surface area contributed by atoms with Crippen molar-refractivity contribution in [1.82, 2.24) is 9.97 Å². The molecule has 0 aliphatic carbocycles. The number of anilines is 4. The van der Waals surface area contributed by atoms with Gasteiger partial charge in [0, 0.05) is 17.6 Å². The lowest BCUT2D eigenvalue weighted by Gasteiger charge is -2.16. The van der Waals surface area contributed by atoms with Gasteiger partial charge in [0.05, 0.1) is 29.6 Å². The van der Waals surface area contributed by atoms with Crippen LogP contribution in [0.5, 0.6) is 5.75 Å². The Morgan fingerprint density at radius 2 is 1.77 bits per heavy atom. The Morgan fingerprint density at radius 1 is 1.06 bits per heavy atom. The molecular formula is C20H22ClN4O4PS. The minimum absolute atomic E-state index is 0.134. The molecule has 0 aliphatic rings. The number of rotatable bonds is 7. The third-order valence-corrected chi connectivity index (χ3v) is 7.27. The van der Waals surface area contributed by atoms with Crippen molar-refractivity contribution in [3.8, 4) is 5.75 Å². The number of hydrogen-bond donors (Lipinski definition) is 2. The summed E-state index contributed by atoms with van der Waals surface area (Å²) < 4.78 is 41.5. The molecule has 3 aromatic rings. The van der Waals surface area contributed by atoms with Crippen LogP contribution in [0.4, 0.5) is 23.1 Å². The molecule has 1 heterocycles. The number of para-hydroxylation sites is 1. The minimum Gasteiger partial charge on any atom is -0.495 e. The highest BCUT2D eigenvalue weighted by molar-refractivity contribution is 7.90. The summed E-state index contributed by atoms with van der Waals surface area (Å²) >= 11 is 6.27. The number of aromatic nitrogens is 2. The van der Waals surface area contributed by atoms with Crippen molar-refractivity contribution in [2.45, 2.75) is 4.90 Å². The number of nitrogens with zero attached hydrogens (tertiary/aromatic N) is 2. The SMILES string of the molecule is COc1cc(S(C)(=O)=O)ccc1Nc1ncc(Cl)c(Nc2ccccc2P(C)(C)=O)n1. The Morgan fingerprint density at radius 3 is 2.42 bits per heavy atom. The van der Waals surface area contributed by atoms with Crippen LogP contribution in [0.3, 0.4) is 0 Å². The monoisotopic (exact) mass is 480 g/mol. The summed E-state index contributed by atoms with van der Waals surface area (Å²) in [5, 5.41) is 7.09. The van der Waals surface area contributed by atoms with E-state index in [0.29, 0.717) is 28.2 Å².